The number of aryl methyl sites for hydroxylation is 1. The Morgan fingerprint density at radius 3 is 2.29 bits per heavy atom. The molecule has 3 aromatic carbocycles. The second kappa shape index (κ2) is 4.45. The summed E-state index contributed by atoms with van der Waals surface area (Å²) in [5.41, 5.74) is 3.85. The van der Waals surface area contributed by atoms with E-state index in [2.05, 4.69) is 12.1 Å². The number of cyclic esters (lactones) is 1. The lowest BCUT2D eigenvalue weighted by Crippen LogP contribution is -2.00. The Labute approximate surface area is 123 Å². The van der Waals surface area contributed by atoms with Gasteiger partial charge in [0.25, 0.3) is 0 Å². The molecule has 0 bridgehead atoms. The van der Waals surface area contributed by atoms with Gasteiger partial charge in [-0.05, 0) is 35.4 Å². The summed E-state index contributed by atoms with van der Waals surface area (Å²) in [6.45, 7) is 2.05. The summed E-state index contributed by atoms with van der Waals surface area (Å²) in [5.74, 6) is -0.235. The monoisotopic (exact) mass is 274 g/mol. The van der Waals surface area contributed by atoms with Crippen LogP contribution in [0.25, 0.3) is 10.8 Å². The molecule has 0 fully saturated rings. The van der Waals surface area contributed by atoms with Crippen molar-refractivity contribution >= 4 is 16.7 Å². The molecule has 2 nitrogen and oxygen atoms in total. The summed E-state index contributed by atoms with van der Waals surface area (Å²) in [6, 6.07) is 20.2. The first-order valence-electron chi connectivity index (χ1n) is 7.02. The summed E-state index contributed by atoms with van der Waals surface area (Å²) in [7, 11) is 0. The molecule has 0 N–H and O–H groups in total. The summed E-state index contributed by atoms with van der Waals surface area (Å²) in [4.78, 5) is 12.1. The van der Waals surface area contributed by atoms with Crippen molar-refractivity contribution in [3.05, 3.63) is 82.9 Å². The lowest BCUT2D eigenvalue weighted by Gasteiger charge is -2.11. The SMILES string of the molecule is Cc1ccc([C@@H]2OC(=O)c3cc4ccccc4cc32)cc1. The fraction of sp³-hybridized carbons (Fsp3) is 0.105. The van der Waals surface area contributed by atoms with Gasteiger partial charge < -0.3 is 4.74 Å². The third-order valence-corrected chi connectivity index (χ3v) is 4.03. The van der Waals surface area contributed by atoms with E-state index in [1.54, 1.807) is 0 Å². The van der Waals surface area contributed by atoms with E-state index in [0.29, 0.717) is 5.56 Å². The first-order valence-corrected chi connectivity index (χ1v) is 7.02. The predicted octanol–water partition coefficient (Wildman–Crippen LogP) is 4.41. The van der Waals surface area contributed by atoms with Crippen molar-refractivity contribution in [3.63, 3.8) is 0 Å². The van der Waals surface area contributed by atoms with Gasteiger partial charge in [0.05, 0.1) is 5.56 Å². The molecular formula is C19H14O2. The molecule has 2 heteroatoms. The first-order chi connectivity index (χ1) is 10.2. The number of carbonyl (C=O) groups excluding carboxylic acids is 1. The van der Waals surface area contributed by atoms with E-state index in [1.165, 1.54) is 5.56 Å². The van der Waals surface area contributed by atoms with Gasteiger partial charge in [0.2, 0.25) is 0 Å². The van der Waals surface area contributed by atoms with E-state index in [0.717, 1.165) is 21.9 Å². The van der Waals surface area contributed by atoms with Crippen LogP contribution in [0.3, 0.4) is 0 Å². The van der Waals surface area contributed by atoms with E-state index in [4.69, 9.17) is 4.74 Å². The zero-order valence-corrected chi connectivity index (χ0v) is 11.7. The number of fused-ring (bicyclic) bond motifs is 2. The van der Waals surface area contributed by atoms with E-state index in [9.17, 15) is 4.79 Å². The average molecular weight is 274 g/mol. The highest BCUT2D eigenvalue weighted by Gasteiger charge is 2.32. The molecule has 21 heavy (non-hydrogen) atoms. The van der Waals surface area contributed by atoms with Crippen LogP contribution in [0.1, 0.15) is 33.2 Å². The zero-order valence-electron chi connectivity index (χ0n) is 11.7. The maximum atomic E-state index is 12.1. The van der Waals surface area contributed by atoms with E-state index in [-0.39, 0.29) is 12.1 Å². The van der Waals surface area contributed by atoms with Crippen molar-refractivity contribution in [3.8, 4) is 0 Å². The zero-order chi connectivity index (χ0) is 14.4. The number of benzene rings is 3. The highest BCUT2D eigenvalue weighted by atomic mass is 16.5. The molecule has 0 saturated carbocycles. The van der Waals surface area contributed by atoms with Crippen molar-refractivity contribution in [1.82, 2.24) is 0 Å². The highest BCUT2D eigenvalue weighted by molar-refractivity contribution is 6.00. The van der Waals surface area contributed by atoms with Crippen molar-refractivity contribution in [1.29, 1.82) is 0 Å². The molecule has 0 radical (unpaired) electrons. The lowest BCUT2D eigenvalue weighted by molar-refractivity contribution is 0.0456. The summed E-state index contributed by atoms with van der Waals surface area (Å²) in [6.07, 6.45) is -0.294. The molecule has 4 rings (SSSR count). The standard InChI is InChI=1S/C19H14O2/c1-12-6-8-13(9-7-12)18-16-10-14-4-2-3-5-15(14)11-17(16)19(20)21-18/h2-11,18H,1H3/t18-/m0/s1. The van der Waals surface area contributed by atoms with Crippen LogP contribution < -0.4 is 0 Å². The van der Waals surface area contributed by atoms with Gasteiger partial charge in [0.1, 0.15) is 0 Å². The van der Waals surface area contributed by atoms with Crippen LogP contribution in [-0.2, 0) is 4.74 Å². The second-order valence-electron chi connectivity index (χ2n) is 5.48. The number of carbonyl (C=O) groups is 1. The van der Waals surface area contributed by atoms with Crippen molar-refractivity contribution in [2.24, 2.45) is 0 Å². The van der Waals surface area contributed by atoms with Gasteiger partial charge in [-0.1, -0.05) is 54.1 Å². The molecule has 0 aliphatic carbocycles. The van der Waals surface area contributed by atoms with Gasteiger partial charge >= 0.3 is 5.97 Å². The molecular weight excluding hydrogens is 260 g/mol. The van der Waals surface area contributed by atoms with Crippen LogP contribution >= 0.6 is 0 Å². The van der Waals surface area contributed by atoms with E-state index in [1.807, 2.05) is 55.5 Å². The minimum Gasteiger partial charge on any atom is -0.449 e. The highest BCUT2D eigenvalue weighted by Crippen LogP contribution is 2.38. The van der Waals surface area contributed by atoms with Crippen molar-refractivity contribution < 1.29 is 9.53 Å². The van der Waals surface area contributed by atoms with E-state index < -0.39 is 0 Å². The van der Waals surface area contributed by atoms with Gasteiger partial charge in [-0.2, -0.15) is 0 Å². The van der Waals surface area contributed by atoms with Gasteiger partial charge in [-0.25, -0.2) is 4.79 Å². The van der Waals surface area contributed by atoms with Crippen LogP contribution in [0.5, 0.6) is 0 Å². The second-order valence-corrected chi connectivity index (χ2v) is 5.48. The number of ether oxygens (including phenoxy) is 1. The first kappa shape index (κ1) is 12.2. The summed E-state index contributed by atoms with van der Waals surface area (Å²) in [5, 5.41) is 2.20. The number of hydrogen-bond acceptors (Lipinski definition) is 2. The van der Waals surface area contributed by atoms with E-state index >= 15 is 0 Å². The Bertz CT molecular complexity index is 847. The Kier molecular flexibility index (Phi) is 2.58. The Hall–Kier alpha value is -2.61. The minimum atomic E-state index is -0.294. The van der Waals surface area contributed by atoms with Crippen LogP contribution in [-0.4, -0.2) is 5.97 Å². The maximum Gasteiger partial charge on any atom is 0.339 e. The molecule has 0 aromatic heterocycles. The molecule has 0 amide bonds. The molecule has 0 spiro atoms. The normalized spacial score (nSPS) is 16.8. The fourth-order valence-corrected chi connectivity index (χ4v) is 2.87. The Balaban J connectivity index is 1.90. The fourth-order valence-electron chi connectivity index (χ4n) is 2.87. The van der Waals surface area contributed by atoms with Gasteiger partial charge in [-0.3, -0.25) is 0 Å². The molecule has 1 aliphatic rings. The molecule has 102 valence electrons. The molecule has 1 aliphatic heterocycles. The van der Waals surface area contributed by atoms with Crippen LogP contribution in [0.15, 0.2) is 60.7 Å². The molecule has 0 saturated heterocycles. The topological polar surface area (TPSA) is 26.3 Å². The molecule has 1 atom stereocenters. The largest absolute Gasteiger partial charge is 0.449 e. The quantitative estimate of drug-likeness (QED) is 0.614. The van der Waals surface area contributed by atoms with Crippen LogP contribution in [0.4, 0.5) is 0 Å². The Morgan fingerprint density at radius 1 is 0.905 bits per heavy atom. The van der Waals surface area contributed by atoms with Crippen LogP contribution in [0, 0.1) is 6.92 Å². The molecule has 3 aromatic rings. The Morgan fingerprint density at radius 2 is 1.57 bits per heavy atom. The van der Waals surface area contributed by atoms with Gasteiger partial charge in [0, 0.05) is 5.56 Å². The molecule has 0 unspecified atom stereocenters. The lowest BCUT2D eigenvalue weighted by atomic mass is 9.95. The van der Waals surface area contributed by atoms with Gasteiger partial charge in [0.15, 0.2) is 6.10 Å². The van der Waals surface area contributed by atoms with Crippen molar-refractivity contribution in [2.75, 3.05) is 0 Å². The predicted molar refractivity (Wildman–Crippen MR) is 82.4 cm³/mol. The number of hydrogen-bond donors (Lipinski definition) is 0. The van der Waals surface area contributed by atoms with Gasteiger partial charge in [-0.15, -0.1) is 0 Å². The van der Waals surface area contributed by atoms with Crippen LogP contribution in [0.2, 0.25) is 0 Å². The minimum absolute atomic E-state index is 0.235. The third kappa shape index (κ3) is 1.91. The molecule has 1 heterocycles. The maximum absolute atomic E-state index is 12.1. The van der Waals surface area contributed by atoms with Crippen molar-refractivity contribution in [2.45, 2.75) is 13.0 Å². The number of rotatable bonds is 1. The average Bonchev–Trinajstić information content (AvgIpc) is 2.83. The number of esters is 1. The summed E-state index contributed by atoms with van der Waals surface area (Å²) < 4.78 is 5.59. The third-order valence-electron chi connectivity index (χ3n) is 4.03. The smallest absolute Gasteiger partial charge is 0.339 e. The summed E-state index contributed by atoms with van der Waals surface area (Å²) >= 11 is 0.